The Balaban J connectivity index is 0. The molecule has 0 saturated heterocycles. The third kappa shape index (κ3) is 4.21. The minimum absolute atomic E-state index is 0. The topological polar surface area (TPSA) is 0 Å². The molecule has 70 valence electrons. The van der Waals surface area contributed by atoms with Crippen LogP contribution < -0.4 is 18.9 Å². The van der Waals surface area contributed by atoms with Gasteiger partial charge in [0.15, 0.2) is 0 Å². The maximum Gasteiger partial charge on any atom is 1.00 e. The van der Waals surface area contributed by atoms with Crippen molar-refractivity contribution in [3.8, 4) is 0 Å². The van der Waals surface area contributed by atoms with Crippen molar-refractivity contribution in [2.45, 2.75) is 40.0 Å². The average molecular weight is 172 g/mol. The monoisotopic (exact) mass is 172 g/mol. The van der Waals surface area contributed by atoms with Crippen LogP contribution >= 0.6 is 0 Å². The summed E-state index contributed by atoms with van der Waals surface area (Å²) in [6, 6.07) is 0. The second-order valence-corrected chi connectivity index (χ2v) is 3.99. The van der Waals surface area contributed by atoms with Gasteiger partial charge in [-0.1, -0.05) is 51.8 Å². The maximum absolute atomic E-state index is 2.43. The summed E-state index contributed by atoms with van der Waals surface area (Å²) in [5.41, 5.74) is 1.52. The van der Waals surface area contributed by atoms with Crippen molar-refractivity contribution >= 4 is 0 Å². The van der Waals surface area contributed by atoms with Crippen molar-refractivity contribution in [3.63, 3.8) is 0 Å². The van der Waals surface area contributed by atoms with Crippen LogP contribution in [-0.4, -0.2) is 0 Å². The normalized spacial score (nSPS) is 20.3. The summed E-state index contributed by atoms with van der Waals surface area (Å²) in [6.45, 7) is 6.78. The Bertz CT molecular complexity index is 194. The van der Waals surface area contributed by atoms with E-state index in [1.54, 1.807) is 0 Å². The van der Waals surface area contributed by atoms with Crippen molar-refractivity contribution < 1.29 is 20.3 Å². The SMILES string of the molecule is CCCCC1C=CC(C(C)C)=C1.[H-].[Li+]. The molecule has 1 aliphatic carbocycles. The van der Waals surface area contributed by atoms with Gasteiger partial charge in [0.25, 0.3) is 0 Å². The van der Waals surface area contributed by atoms with Crippen LogP contribution in [0.2, 0.25) is 0 Å². The molecule has 0 saturated carbocycles. The van der Waals surface area contributed by atoms with Crippen molar-refractivity contribution in [1.82, 2.24) is 0 Å². The van der Waals surface area contributed by atoms with Crippen molar-refractivity contribution in [3.05, 3.63) is 23.8 Å². The van der Waals surface area contributed by atoms with E-state index in [9.17, 15) is 0 Å². The predicted molar refractivity (Wildman–Crippen MR) is 56.2 cm³/mol. The molecule has 0 amide bonds. The van der Waals surface area contributed by atoms with Crippen LogP contribution in [-0.2, 0) is 0 Å². The Labute approximate surface area is 96.2 Å². The van der Waals surface area contributed by atoms with E-state index in [1.807, 2.05) is 0 Å². The fourth-order valence-electron chi connectivity index (χ4n) is 1.60. The fourth-order valence-corrected chi connectivity index (χ4v) is 1.60. The number of hydrogen-bond donors (Lipinski definition) is 0. The Morgan fingerprint density at radius 2 is 2.15 bits per heavy atom. The van der Waals surface area contributed by atoms with E-state index in [-0.39, 0.29) is 20.3 Å². The third-order valence-corrected chi connectivity index (χ3v) is 2.50. The van der Waals surface area contributed by atoms with Gasteiger partial charge in [0.2, 0.25) is 0 Å². The molecule has 0 N–H and O–H groups in total. The predicted octanol–water partition coefficient (Wildman–Crippen LogP) is 1.06. The molecule has 1 heteroatoms. The van der Waals surface area contributed by atoms with Crippen LogP contribution in [0.4, 0.5) is 0 Å². The number of unbranched alkanes of at least 4 members (excludes halogenated alkanes) is 1. The fraction of sp³-hybridized carbons (Fsp3) is 0.667. The van der Waals surface area contributed by atoms with Gasteiger partial charge in [0.1, 0.15) is 0 Å². The second-order valence-electron chi connectivity index (χ2n) is 3.99. The van der Waals surface area contributed by atoms with Crippen LogP contribution in [0.1, 0.15) is 41.5 Å². The average Bonchev–Trinajstić information content (AvgIpc) is 2.48. The summed E-state index contributed by atoms with van der Waals surface area (Å²) in [5, 5.41) is 0. The van der Waals surface area contributed by atoms with Gasteiger partial charge in [0, 0.05) is 0 Å². The zero-order valence-corrected chi connectivity index (χ0v) is 9.51. The van der Waals surface area contributed by atoms with Gasteiger partial charge in [-0.25, -0.2) is 0 Å². The summed E-state index contributed by atoms with van der Waals surface area (Å²) in [5.74, 6) is 1.44. The molecule has 1 aliphatic rings. The minimum atomic E-state index is 0. The number of rotatable bonds is 4. The van der Waals surface area contributed by atoms with E-state index in [1.165, 1.54) is 24.8 Å². The molecule has 0 aliphatic heterocycles. The molecule has 0 aromatic carbocycles. The molecular formula is C12H21Li. The van der Waals surface area contributed by atoms with E-state index in [2.05, 4.69) is 39.0 Å². The Morgan fingerprint density at radius 1 is 1.46 bits per heavy atom. The molecule has 13 heavy (non-hydrogen) atoms. The van der Waals surface area contributed by atoms with E-state index in [0.717, 1.165) is 5.92 Å². The molecule has 0 spiro atoms. The zero-order valence-electron chi connectivity index (χ0n) is 10.5. The summed E-state index contributed by atoms with van der Waals surface area (Å²) in [4.78, 5) is 0. The molecule has 1 unspecified atom stereocenters. The van der Waals surface area contributed by atoms with Gasteiger partial charge in [-0.05, 0) is 23.8 Å². The quantitative estimate of drug-likeness (QED) is 0.556. The molecule has 0 nitrogen and oxygen atoms in total. The first-order valence-corrected chi connectivity index (χ1v) is 5.14. The zero-order chi connectivity index (χ0) is 8.97. The van der Waals surface area contributed by atoms with Crippen LogP contribution in [0, 0.1) is 11.8 Å². The standard InChI is InChI=1S/C12H20.Li.H/c1-4-5-6-11-7-8-12(9-11)10(2)3;;/h7-11H,4-6H2,1-3H3;;/q;+1;-1. The van der Waals surface area contributed by atoms with Crippen LogP contribution in [0.25, 0.3) is 0 Å². The van der Waals surface area contributed by atoms with Crippen LogP contribution in [0.5, 0.6) is 0 Å². The molecule has 1 atom stereocenters. The summed E-state index contributed by atoms with van der Waals surface area (Å²) < 4.78 is 0. The van der Waals surface area contributed by atoms with E-state index in [0.29, 0.717) is 5.92 Å². The molecule has 0 fully saturated rings. The van der Waals surface area contributed by atoms with Crippen molar-refractivity contribution in [1.29, 1.82) is 0 Å². The van der Waals surface area contributed by atoms with E-state index >= 15 is 0 Å². The molecule has 0 aromatic rings. The molecular weight excluding hydrogens is 151 g/mol. The maximum atomic E-state index is 2.43. The molecule has 0 heterocycles. The van der Waals surface area contributed by atoms with Crippen LogP contribution in [0.3, 0.4) is 0 Å². The van der Waals surface area contributed by atoms with Gasteiger partial charge in [0.05, 0.1) is 0 Å². The minimum Gasteiger partial charge on any atom is -1.00 e. The largest absolute Gasteiger partial charge is 1.00 e. The first kappa shape index (κ1) is 13.1. The third-order valence-electron chi connectivity index (χ3n) is 2.50. The van der Waals surface area contributed by atoms with Crippen molar-refractivity contribution in [2.24, 2.45) is 11.8 Å². The Hall–Kier alpha value is 0.0774. The first-order chi connectivity index (χ1) is 5.74. The van der Waals surface area contributed by atoms with Gasteiger partial charge in [-0.15, -0.1) is 0 Å². The van der Waals surface area contributed by atoms with Gasteiger partial charge in [-0.3, -0.25) is 0 Å². The summed E-state index contributed by atoms with van der Waals surface area (Å²) in [6.07, 6.45) is 11.1. The molecule has 0 bridgehead atoms. The van der Waals surface area contributed by atoms with Gasteiger partial charge >= 0.3 is 18.9 Å². The Morgan fingerprint density at radius 3 is 2.62 bits per heavy atom. The number of hydrogen-bond acceptors (Lipinski definition) is 0. The van der Waals surface area contributed by atoms with Crippen LogP contribution in [0.15, 0.2) is 23.8 Å². The van der Waals surface area contributed by atoms with Crippen molar-refractivity contribution in [2.75, 3.05) is 0 Å². The van der Waals surface area contributed by atoms with Gasteiger partial charge < -0.3 is 1.43 Å². The second kappa shape index (κ2) is 6.52. The van der Waals surface area contributed by atoms with E-state index < -0.39 is 0 Å². The molecule has 0 aromatic heterocycles. The number of allylic oxidation sites excluding steroid dienone is 4. The molecule has 0 radical (unpaired) electrons. The Kier molecular flexibility index (Phi) is 6.56. The first-order valence-electron chi connectivity index (χ1n) is 5.14. The smallest absolute Gasteiger partial charge is 1.00 e. The van der Waals surface area contributed by atoms with Gasteiger partial charge in [-0.2, -0.15) is 0 Å². The molecule has 1 rings (SSSR count). The summed E-state index contributed by atoms with van der Waals surface area (Å²) in [7, 11) is 0. The van der Waals surface area contributed by atoms with E-state index in [4.69, 9.17) is 0 Å². The summed E-state index contributed by atoms with van der Waals surface area (Å²) >= 11 is 0.